The summed E-state index contributed by atoms with van der Waals surface area (Å²) in [5.74, 6) is 0.880. The lowest BCUT2D eigenvalue weighted by molar-refractivity contribution is -0.151. The predicted molar refractivity (Wildman–Crippen MR) is 117 cm³/mol. The average Bonchev–Trinajstić information content (AvgIpc) is 2.70. The fourth-order valence-electron chi connectivity index (χ4n) is 3.03. The lowest BCUT2D eigenvalue weighted by Gasteiger charge is -2.22. The smallest absolute Gasteiger partial charge is 0.313 e. The number of para-hydroxylation sites is 1. The minimum atomic E-state index is -0.522. The van der Waals surface area contributed by atoms with Crippen LogP contribution in [0.5, 0.6) is 11.5 Å². The number of nitrogens with zero attached hydrogens (tertiary/aromatic N) is 1. The molecule has 0 unspecified atom stereocenters. The van der Waals surface area contributed by atoms with Crippen molar-refractivity contribution in [1.82, 2.24) is 4.90 Å². The summed E-state index contributed by atoms with van der Waals surface area (Å²) in [6, 6.07) is 15.9. The number of likely N-dealkylation sites (N-methyl/N-ethyl adjacent to an activating group) is 1. The molecule has 1 N–H and O–H groups in total. The third kappa shape index (κ3) is 8.17. The normalized spacial score (nSPS) is 11.7. The number of aryl methyl sites for hydroxylation is 2. The number of hydrogen-bond acceptors (Lipinski definition) is 6. The second-order valence-corrected chi connectivity index (χ2v) is 7.38. The van der Waals surface area contributed by atoms with Gasteiger partial charge in [0.25, 0.3) is 0 Å². The lowest BCUT2D eigenvalue weighted by atomic mass is 10.0. The molecule has 2 aromatic rings. The van der Waals surface area contributed by atoms with Crippen LogP contribution >= 0.6 is 0 Å². The first-order chi connectivity index (χ1) is 14.4. The Hall–Kier alpha value is -2.99. The molecule has 30 heavy (non-hydrogen) atoms. The fourth-order valence-corrected chi connectivity index (χ4v) is 3.03. The molecule has 0 saturated heterocycles. The highest BCUT2D eigenvalue weighted by Gasteiger charge is 2.18. The van der Waals surface area contributed by atoms with Crippen LogP contribution in [-0.2, 0) is 22.4 Å². The topological polar surface area (TPSA) is 68.2 Å². The molecule has 0 spiro atoms. The van der Waals surface area contributed by atoms with Crippen molar-refractivity contribution in [2.75, 3.05) is 34.4 Å². The highest BCUT2D eigenvalue weighted by Crippen LogP contribution is 2.21. The molecule has 0 aliphatic heterocycles. The van der Waals surface area contributed by atoms with Crippen molar-refractivity contribution in [2.45, 2.75) is 25.4 Å². The number of esters is 1. The number of hydrogen-bond donors (Lipinski definition) is 1. The van der Waals surface area contributed by atoms with Gasteiger partial charge in [-0.2, -0.15) is 0 Å². The highest BCUT2D eigenvalue weighted by molar-refractivity contribution is 5.71. The van der Waals surface area contributed by atoms with E-state index in [0.717, 1.165) is 29.9 Å². The monoisotopic (exact) mass is 413 g/mol. The minimum absolute atomic E-state index is 0.214. The summed E-state index contributed by atoms with van der Waals surface area (Å²) >= 11 is 0. The predicted octanol–water partition coefficient (Wildman–Crippen LogP) is 3.79. The van der Waals surface area contributed by atoms with Crippen LogP contribution in [0.4, 0.5) is 0 Å². The van der Waals surface area contributed by atoms with Gasteiger partial charge in [0.15, 0.2) is 0 Å². The van der Waals surface area contributed by atoms with Gasteiger partial charge in [0, 0.05) is 6.54 Å². The molecule has 6 heteroatoms. The van der Waals surface area contributed by atoms with Crippen molar-refractivity contribution in [2.24, 2.45) is 0 Å². The first kappa shape index (κ1) is 23.3. The molecule has 0 bridgehead atoms. The van der Waals surface area contributed by atoms with E-state index in [1.165, 1.54) is 5.56 Å². The van der Waals surface area contributed by atoms with Crippen LogP contribution in [0.1, 0.15) is 17.5 Å². The maximum Gasteiger partial charge on any atom is 0.313 e. The third-order valence-electron chi connectivity index (χ3n) is 4.45. The maximum absolute atomic E-state index is 11.9. The number of aliphatic hydroxyl groups is 1. The Morgan fingerprint density at radius 3 is 2.43 bits per heavy atom. The van der Waals surface area contributed by atoms with E-state index in [1.807, 2.05) is 55.4 Å². The Balaban J connectivity index is 1.98. The van der Waals surface area contributed by atoms with E-state index in [1.54, 1.807) is 7.11 Å². The molecule has 0 heterocycles. The van der Waals surface area contributed by atoms with E-state index in [9.17, 15) is 9.90 Å². The number of benzene rings is 2. The molecule has 0 radical (unpaired) electrons. The fraction of sp³-hybridized carbons (Fsp3) is 0.375. The maximum atomic E-state index is 11.9. The summed E-state index contributed by atoms with van der Waals surface area (Å²) in [6.07, 6.45) is 1.02. The Morgan fingerprint density at radius 1 is 1.10 bits per heavy atom. The van der Waals surface area contributed by atoms with Gasteiger partial charge in [-0.25, -0.2) is 0 Å². The van der Waals surface area contributed by atoms with Crippen LogP contribution in [0, 0.1) is 0 Å². The molecule has 0 amide bonds. The Morgan fingerprint density at radius 2 is 1.80 bits per heavy atom. The van der Waals surface area contributed by atoms with Crippen LogP contribution in [0.3, 0.4) is 0 Å². The molecule has 6 nitrogen and oxygen atoms in total. The quantitative estimate of drug-likeness (QED) is 0.422. The summed E-state index contributed by atoms with van der Waals surface area (Å²) in [4.78, 5) is 13.8. The second-order valence-electron chi connectivity index (χ2n) is 7.38. The number of ether oxygens (including phenoxy) is 3. The Bertz CT molecular complexity index is 817. The first-order valence-electron chi connectivity index (χ1n) is 9.92. The molecule has 162 valence electrons. The zero-order valence-electron chi connectivity index (χ0n) is 18.0. The Kier molecular flexibility index (Phi) is 9.22. The SMILES string of the molecule is C=C(O)CC(=O)O[C@@H](COc1ccccc1CCc1ccc(OC)cc1)CN(C)C. The van der Waals surface area contributed by atoms with Gasteiger partial charge in [0.2, 0.25) is 0 Å². The zero-order valence-corrected chi connectivity index (χ0v) is 18.0. The number of carbonyl (C=O) groups is 1. The molecule has 0 aliphatic rings. The Labute approximate surface area is 178 Å². The molecule has 0 saturated carbocycles. The second kappa shape index (κ2) is 11.9. The van der Waals surface area contributed by atoms with Crippen molar-refractivity contribution in [1.29, 1.82) is 0 Å². The van der Waals surface area contributed by atoms with Crippen molar-refractivity contribution < 1.29 is 24.1 Å². The third-order valence-corrected chi connectivity index (χ3v) is 4.45. The minimum Gasteiger partial charge on any atom is -0.512 e. The van der Waals surface area contributed by atoms with E-state index < -0.39 is 12.1 Å². The number of aliphatic hydroxyl groups excluding tert-OH is 1. The van der Waals surface area contributed by atoms with Gasteiger partial charge in [-0.15, -0.1) is 0 Å². The van der Waals surface area contributed by atoms with Crippen molar-refractivity contribution in [3.8, 4) is 11.5 Å². The largest absolute Gasteiger partial charge is 0.512 e. The number of methoxy groups -OCH3 is 1. The summed E-state index contributed by atoms with van der Waals surface area (Å²) in [5.41, 5.74) is 2.31. The van der Waals surface area contributed by atoms with Gasteiger partial charge in [0.1, 0.15) is 30.6 Å². The van der Waals surface area contributed by atoms with Gasteiger partial charge < -0.3 is 24.2 Å². The molecule has 0 aromatic heterocycles. The standard InChI is InChI=1S/C24H31NO5/c1-18(26)15-24(27)30-22(16-25(2)3)17-29-23-8-6-5-7-20(23)12-9-19-10-13-21(28-4)14-11-19/h5-8,10-11,13-14,22,26H,1,9,12,15-17H2,2-4H3/t22-/m1/s1. The van der Waals surface area contributed by atoms with Crippen molar-refractivity contribution in [3.63, 3.8) is 0 Å². The summed E-state index contributed by atoms with van der Waals surface area (Å²) in [7, 11) is 5.45. The van der Waals surface area contributed by atoms with Crippen LogP contribution < -0.4 is 9.47 Å². The van der Waals surface area contributed by atoms with Gasteiger partial charge in [-0.05, 0) is 56.3 Å². The highest BCUT2D eigenvalue weighted by atomic mass is 16.6. The molecular formula is C24H31NO5. The lowest BCUT2D eigenvalue weighted by Crippen LogP contribution is -2.35. The number of carbonyl (C=O) groups excluding carboxylic acids is 1. The van der Waals surface area contributed by atoms with E-state index in [2.05, 4.69) is 18.7 Å². The van der Waals surface area contributed by atoms with Gasteiger partial charge in [-0.1, -0.05) is 36.9 Å². The molecule has 2 aromatic carbocycles. The first-order valence-corrected chi connectivity index (χ1v) is 9.92. The molecule has 1 atom stereocenters. The van der Waals surface area contributed by atoms with Gasteiger partial charge >= 0.3 is 5.97 Å². The summed E-state index contributed by atoms with van der Waals surface area (Å²) in [5, 5.41) is 9.20. The van der Waals surface area contributed by atoms with Crippen LogP contribution in [0.15, 0.2) is 60.9 Å². The van der Waals surface area contributed by atoms with Crippen LogP contribution in [0.2, 0.25) is 0 Å². The van der Waals surface area contributed by atoms with E-state index in [-0.39, 0.29) is 18.8 Å². The van der Waals surface area contributed by atoms with Crippen molar-refractivity contribution >= 4 is 5.97 Å². The zero-order chi connectivity index (χ0) is 21.9. The summed E-state index contributed by atoms with van der Waals surface area (Å²) < 4.78 is 16.7. The molecule has 0 aliphatic carbocycles. The van der Waals surface area contributed by atoms with Gasteiger partial charge in [-0.3, -0.25) is 4.79 Å². The van der Waals surface area contributed by atoms with Gasteiger partial charge in [0.05, 0.1) is 12.9 Å². The van der Waals surface area contributed by atoms with E-state index >= 15 is 0 Å². The average molecular weight is 414 g/mol. The molecule has 2 rings (SSSR count). The summed E-state index contributed by atoms with van der Waals surface area (Å²) in [6.45, 7) is 4.06. The molecular weight excluding hydrogens is 382 g/mol. The van der Waals surface area contributed by atoms with Crippen LogP contribution in [0.25, 0.3) is 0 Å². The molecule has 0 fully saturated rings. The van der Waals surface area contributed by atoms with E-state index in [4.69, 9.17) is 14.2 Å². The van der Waals surface area contributed by atoms with Crippen molar-refractivity contribution in [3.05, 3.63) is 72.0 Å². The number of rotatable bonds is 12. The van der Waals surface area contributed by atoms with Crippen LogP contribution in [-0.4, -0.2) is 56.4 Å². The van der Waals surface area contributed by atoms with E-state index in [0.29, 0.717) is 6.54 Å².